The zero-order valence-electron chi connectivity index (χ0n) is 29.4. The van der Waals surface area contributed by atoms with Crippen molar-refractivity contribution in [2.75, 3.05) is 13.2 Å². The smallest absolute Gasteiger partial charge is 0.119 e. The van der Waals surface area contributed by atoms with Crippen LogP contribution in [0.3, 0.4) is 0 Å². The molecular weight excluding hydrogens is 587 g/mol. The molecule has 0 aliphatic rings. The molecule has 3 nitrogen and oxygen atoms in total. The van der Waals surface area contributed by atoms with E-state index in [1.165, 1.54) is 49.7 Å². The molecule has 0 amide bonds. The molecule has 2 unspecified atom stereocenters. The van der Waals surface area contributed by atoms with E-state index in [0.29, 0.717) is 11.8 Å². The maximum absolute atomic E-state index is 6.23. The van der Waals surface area contributed by atoms with Crippen LogP contribution in [0.25, 0.3) is 44.6 Å². The Morgan fingerprint density at radius 1 is 0.562 bits per heavy atom. The minimum Gasteiger partial charge on any atom is -0.493 e. The SMILES string of the molecule is CCCCC(CC)COc1ccc(-c2cc(-c3c[c-]c(-c4ccccn4)cc3)cc(-c3ccc(OCC(CC)CCCC)cc3)c2)cc1. The molecule has 0 spiro atoms. The molecule has 5 rings (SSSR count). The van der Waals surface area contributed by atoms with Crippen molar-refractivity contribution in [3.05, 3.63) is 115 Å². The number of nitrogens with zero attached hydrogens (tertiary/aromatic N) is 1. The van der Waals surface area contributed by atoms with Crippen molar-refractivity contribution < 1.29 is 9.47 Å². The third kappa shape index (κ3) is 9.83. The van der Waals surface area contributed by atoms with E-state index in [0.717, 1.165) is 71.1 Å². The fourth-order valence-electron chi connectivity index (χ4n) is 6.12. The molecule has 4 aromatic carbocycles. The van der Waals surface area contributed by atoms with Crippen LogP contribution in [0.1, 0.15) is 79.1 Å². The normalized spacial score (nSPS) is 12.4. The van der Waals surface area contributed by atoms with E-state index < -0.39 is 0 Å². The zero-order chi connectivity index (χ0) is 33.6. The predicted octanol–water partition coefficient (Wildman–Crippen LogP) is 12.7. The third-order valence-corrected chi connectivity index (χ3v) is 9.45. The topological polar surface area (TPSA) is 31.4 Å². The molecule has 5 aromatic rings. The summed E-state index contributed by atoms with van der Waals surface area (Å²) >= 11 is 0. The van der Waals surface area contributed by atoms with E-state index in [4.69, 9.17) is 9.47 Å². The van der Waals surface area contributed by atoms with E-state index in [1.54, 1.807) is 0 Å². The van der Waals surface area contributed by atoms with E-state index >= 15 is 0 Å². The largest absolute Gasteiger partial charge is 0.493 e. The summed E-state index contributed by atoms with van der Waals surface area (Å²) in [5.74, 6) is 3.08. The van der Waals surface area contributed by atoms with Gasteiger partial charge >= 0.3 is 0 Å². The highest BCUT2D eigenvalue weighted by atomic mass is 16.5. The predicted molar refractivity (Wildman–Crippen MR) is 202 cm³/mol. The van der Waals surface area contributed by atoms with Crippen LogP contribution in [0.15, 0.2) is 109 Å². The van der Waals surface area contributed by atoms with Crippen LogP contribution in [0.4, 0.5) is 0 Å². The van der Waals surface area contributed by atoms with Gasteiger partial charge in [-0.25, -0.2) is 0 Å². The van der Waals surface area contributed by atoms with Gasteiger partial charge < -0.3 is 14.5 Å². The van der Waals surface area contributed by atoms with Crippen molar-refractivity contribution in [3.63, 3.8) is 0 Å². The summed E-state index contributed by atoms with van der Waals surface area (Å²) in [5, 5.41) is 0. The van der Waals surface area contributed by atoms with Crippen LogP contribution in [0.5, 0.6) is 11.5 Å². The number of aromatic nitrogens is 1. The summed E-state index contributed by atoms with van der Waals surface area (Å²) in [6, 6.07) is 39.8. The van der Waals surface area contributed by atoms with Gasteiger partial charge in [0.05, 0.1) is 13.2 Å². The Hall–Kier alpha value is -4.37. The number of pyridine rings is 1. The molecule has 0 N–H and O–H groups in total. The van der Waals surface area contributed by atoms with Gasteiger partial charge in [-0.2, -0.15) is 0 Å². The molecule has 3 heteroatoms. The van der Waals surface area contributed by atoms with E-state index in [9.17, 15) is 0 Å². The number of ether oxygens (including phenoxy) is 2. The van der Waals surface area contributed by atoms with Gasteiger partial charge in [-0.15, -0.1) is 29.8 Å². The van der Waals surface area contributed by atoms with Crippen LogP contribution in [0, 0.1) is 17.9 Å². The quantitative estimate of drug-likeness (QED) is 0.0895. The second-order valence-corrected chi connectivity index (χ2v) is 13.0. The molecule has 48 heavy (non-hydrogen) atoms. The molecular formula is C45H52NO2-. The second-order valence-electron chi connectivity index (χ2n) is 13.0. The third-order valence-electron chi connectivity index (χ3n) is 9.45. The Balaban J connectivity index is 1.40. The van der Waals surface area contributed by atoms with Crippen LogP contribution in [-0.2, 0) is 0 Å². The number of unbranched alkanes of at least 4 members (excludes halogenated alkanes) is 2. The number of hydrogen-bond acceptors (Lipinski definition) is 3. The Bertz CT molecular complexity index is 1560. The summed E-state index contributed by atoms with van der Waals surface area (Å²) in [7, 11) is 0. The Labute approximate surface area is 289 Å². The Kier molecular flexibility index (Phi) is 13.3. The monoisotopic (exact) mass is 638 g/mol. The van der Waals surface area contributed by atoms with Gasteiger partial charge in [-0.3, -0.25) is 0 Å². The summed E-state index contributed by atoms with van der Waals surface area (Å²) in [6.45, 7) is 10.6. The maximum atomic E-state index is 6.23. The van der Waals surface area contributed by atoms with Crippen molar-refractivity contribution in [1.82, 2.24) is 4.98 Å². The number of benzene rings is 4. The fourth-order valence-corrected chi connectivity index (χ4v) is 6.12. The van der Waals surface area contributed by atoms with Crippen molar-refractivity contribution >= 4 is 0 Å². The maximum Gasteiger partial charge on any atom is 0.119 e. The summed E-state index contributed by atoms with van der Waals surface area (Å²) in [6.07, 6.45) is 11.6. The average Bonchev–Trinajstić information content (AvgIpc) is 3.15. The van der Waals surface area contributed by atoms with Crippen molar-refractivity contribution in [3.8, 4) is 56.1 Å². The van der Waals surface area contributed by atoms with Crippen LogP contribution < -0.4 is 9.47 Å². The molecule has 0 aliphatic heterocycles. The molecule has 1 aromatic heterocycles. The lowest BCUT2D eigenvalue weighted by Gasteiger charge is -2.17. The number of hydrogen-bond donors (Lipinski definition) is 0. The zero-order valence-corrected chi connectivity index (χ0v) is 29.4. The highest BCUT2D eigenvalue weighted by Gasteiger charge is 2.11. The first kappa shape index (κ1) is 35.0. The first-order valence-electron chi connectivity index (χ1n) is 18.1. The van der Waals surface area contributed by atoms with E-state index in [1.807, 2.05) is 24.4 Å². The van der Waals surface area contributed by atoms with Crippen LogP contribution >= 0.6 is 0 Å². The van der Waals surface area contributed by atoms with Crippen molar-refractivity contribution in [2.45, 2.75) is 79.1 Å². The second kappa shape index (κ2) is 18.2. The summed E-state index contributed by atoms with van der Waals surface area (Å²) in [5.41, 5.74) is 8.84. The minimum atomic E-state index is 0.607. The molecule has 1 heterocycles. The first-order valence-corrected chi connectivity index (χ1v) is 18.1. The highest BCUT2D eigenvalue weighted by Crippen LogP contribution is 2.35. The molecule has 2 atom stereocenters. The van der Waals surface area contributed by atoms with Crippen LogP contribution in [-0.4, -0.2) is 18.2 Å². The van der Waals surface area contributed by atoms with E-state index in [2.05, 4.69) is 124 Å². The number of rotatable bonds is 18. The summed E-state index contributed by atoms with van der Waals surface area (Å²) in [4.78, 5) is 4.50. The van der Waals surface area contributed by atoms with Gasteiger partial charge in [0.25, 0.3) is 0 Å². The Morgan fingerprint density at radius 2 is 1.06 bits per heavy atom. The van der Waals surface area contributed by atoms with Crippen molar-refractivity contribution in [1.29, 1.82) is 0 Å². The lowest BCUT2D eigenvalue weighted by atomic mass is 9.93. The molecule has 0 saturated heterocycles. The lowest BCUT2D eigenvalue weighted by Crippen LogP contribution is -2.11. The van der Waals surface area contributed by atoms with Gasteiger partial charge in [0, 0.05) is 6.20 Å². The van der Waals surface area contributed by atoms with Gasteiger partial charge in [-0.05, 0) is 89.0 Å². The average molecular weight is 639 g/mol. The summed E-state index contributed by atoms with van der Waals surface area (Å²) < 4.78 is 12.5. The molecule has 0 saturated carbocycles. The lowest BCUT2D eigenvalue weighted by molar-refractivity contribution is 0.233. The first-order chi connectivity index (χ1) is 23.6. The van der Waals surface area contributed by atoms with Gasteiger partial charge in [0.15, 0.2) is 0 Å². The minimum absolute atomic E-state index is 0.607. The standard InChI is InChI=1S/C45H52NO2/c1-5-9-13-34(7-3)32-47-43-24-20-37(21-25-43)41-29-40(36-16-18-39(19-17-36)45-15-11-12-28-46-45)30-42(31-41)38-22-26-44(27-23-38)48-33-35(8-4)14-10-6-2/h11-12,15-18,20-31,34-35H,5-10,13-14,32-33H2,1-4H3/q-1. The molecule has 0 bridgehead atoms. The van der Waals surface area contributed by atoms with Gasteiger partial charge in [0.2, 0.25) is 0 Å². The van der Waals surface area contributed by atoms with Crippen molar-refractivity contribution in [2.24, 2.45) is 11.8 Å². The molecule has 0 fully saturated rings. The fraction of sp³-hybridized carbons (Fsp3) is 0.356. The molecule has 0 aliphatic carbocycles. The van der Waals surface area contributed by atoms with E-state index in [-0.39, 0.29) is 0 Å². The van der Waals surface area contributed by atoms with Gasteiger partial charge in [-0.1, -0.05) is 126 Å². The Morgan fingerprint density at radius 3 is 1.48 bits per heavy atom. The molecule has 250 valence electrons. The molecule has 0 radical (unpaired) electrons. The highest BCUT2D eigenvalue weighted by molar-refractivity contribution is 5.82. The van der Waals surface area contributed by atoms with Crippen LogP contribution in [0.2, 0.25) is 0 Å². The van der Waals surface area contributed by atoms with Gasteiger partial charge in [0.1, 0.15) is 11.5 Å².